The summed E-state index contributed by atoms with van der Waals surface area (Å²) in [6.45, 7) is 0.803. The van der Waals surface area contributed by atoms with Gasteiger partial charge in [-0.1, -0.05) is 0 Å². The van der Waals surface area contributed by atoms with Crippen molar-refractivity contribution >= 4 is 15.9 Å². The van der Waals surface area contributed by atoms with E-state index in [1.807, 2.05) is 13.2 Å². The van der Waals surface area contributed by atoms with E-state index in [1.165, 1.54) is 25.0 Å². The van der Waals surface area contributed by atoms with Crippen LogP contribution in [0.1, 0.15) is 18.4 Å². The van der Waals surface area contributed by atoms with Crippen LogP contribution in [0.5, 0.6) is 0 Å². The van der Waals surface area contributed by atoms with Gasteiger partial charge in [-0.05, 0) is 47.0 Å². The minimum absolute atomic E-state index is 0.246. The fourth-order valence-electron chi connectivity index (χ4n) is 2.12. The Balaban J connectivity index is 1.93. The van der Waals surface area contributed by atoms with Gasteiger partial charge in [-0.25, -0.2) is 4.39 Å². The van der Waals surface area contributed by atoms with Crippen LogP contribution in [-0.2, 0) is 13.6 Å². The summed E-state index contributed by atoms with van der Waals surface area (Å²) in [5.41, 5.74) is 2.97. The minimum atomic E-state index is -0.246. The molecular weight excluding hydrogens is 309 g/mol. The van der Waals surface area contributed by atoms with Gasteiger partial charge < -0.3 is 5.32 Å². The Morgan fingerprint density at radius 3 is 2.95 bits per heavy atom. The molecule has 1 N–H and O–H groups in total. The third-order valence-electron chi connectivity index (χ3n) is 3.25. The van der Waals surface area contributed by atoms with Crippen LogP contribution in [0.25, 0.3) is 11.3 Å². The molecule has 19 heavy (non-hydrogen) atoms. The van der Waals surface area contributed by atoms with Crippen LogP contribution in [0.15, 0.2) is 28.9 Å². The predicted molar refractivity (Wildman–Crippen MR) is 76.2 cm³/mol. The highest BCUT2D eigenvalue weighted by Crippen LogP contribution is 2.30. The van der Waals surface area contributed by atoms with Gasteiger partial charge in [-0.15, -0.1) is 0 Å². The van der Waals surface area contributed by atoms with E-state index in [0.717, 1.165) is 27.8 Å². The summed E-state index contributed by atoms with van der Waals surface area (Å²) < 4.78 is 15.7. The molecule has 0 atom stereocenters. The summed E-state index contributed by atoms with van der Waals surface area (Å²) in [6.07, 6.45) is 4.53. The SMILES string of the molecule is Cn1cc(CNC2CC2)c(-c2ccc(F)cc2Br)n1. The second-order valence-corrected chi connectivity index (χ2v) is 5.81. The van der Waals surface area contributed by atoms with Crippen molar-refractivity contribution in [1.82, 2.24) is 15.1 Å². The Hall–Kier alpha value is -1.20. The van der Waals surface area contributed by atoms with E-state index in [2.05, 4.69) is 26.3 Å². The molecule has 0 spiro atoms. The minimum Gasteiger partial charge on any atom is -0.310 e. The maximum absolute atomic E-state index is 13.2. The van der Waals surface area contributed by atoms with Gasteiger partial charge in [0.2, 0.25) is 0 Å². The second-order valence-electron chi connectivity index (χ2n) is 4.96. The van der Waals surface area contributed by atoms with Gasteiger partial charge in [0, 0.05) is 41.4 Å². The number of aromatic nitrogens is 2. The lowest BCUT2D eigenvalue weighted by molar-refractivity contribution is 0.627. The molecule has 0 amide bonds. The Morgan fingerprint density at radius 2 is 2.26 bits per heavy atom. The van der Waals surface area contributed by atoms with Crippen LogP contribution >= 0.6 is 15.9 Å². The molecule has 1 aliphatic carbocycles. The molecule has 1 saturated carbocycles. The van der Waals surface area contributed by atoms with Gasteiger partial charge in [-0.2, -0.15) is 5.10 Å². The highest BCUT2D eigenvalue weighted by atomic mass is 79.9. The Bertz CT molecular complexity index is 605. The molecule has 0 unspecified atom stereocenters. The third-order valence-corrected chi connectivity index (χ3v) is 3.91. The summed E-state index contributed by atoms with van der Waals surface area (Å²) in [6, 6.07) is 5.36. The van der Waals surface area contributed by atoms with Gasteiger partial charge in [0.1, 0.15) is 5.82 Å². The normalized spacial score (nSPS) is 14.9. The fourth-order valence-corrected chi connectivity index (χ4v) is 2.66. The zero-order valence-electron chi connectivity index (χ0n) is 10.7. The highest BCUT2D eigenvalue weighted by molar-refractivity contribution is 9.10. The molecule has 1 aromatic heterocycles. The molecule has 0 bridgehead atoms. The zero-order chi connectivity index (χ0) is 13.4. The van der Waals surface area contributed by atoms with Crippen LogP contribution in [0.3, 0.4) is 0 Å². The monoisotopic (exact) mass is 323 g/mol. The summed E-state index contributed by atoms with van der Waals surface area (Å²) in [5.74, 6) is -0.246. The van der Waals surface area contributed by atoms with Crippen molar-refractivity contribution in [2.45, 2.75) is 25.4 Å². The molecule has 3 nitrogen and oxygen atoms in total. The molecule has 1 aliphatic rings. The van der Waals surface area contributed by atoms with Crippen molar-refractivity contribution in [2.24, 2.45) is 7.05 Å². The molecular formula is C14H15BrFN3. The number of aryl methyl sites for hydroxylation is 1. The van der Waals surface area contributed by atoms with E-state index in [-0.39, 0.29) is 5.82 Å². The molecule has 2 aromatic rings. The van der Waals surface area contributed by atoms with Crippen molar-refractivity contribution < 1.29 is 4.39 Å². The molecule has 0 radical (unpaired) electrons. The average molecular weight is 324 g/mol. The van der Waals surface area contributed by atoms with E-state index in [0.29, 0.717) is 6.04 Å². The first-order valence-electron chi connectivity index (χ1n) is 6.35. The lowest BCUT2D eigenvalue weighted by Crippen LogP contribution is -2.15. The molecule has 5 heteroatoms. The quantitative estimate of drug-likeness (QED) is 0.936. The van der Waals surface area contributed by atoms with Crippen molar-refractivity contribution in [3.05, 3.63) is 40.2 Å². The van der Waals surface area contributed by atoms with Gasteiger partial charge in [0.25, 0.3) is 0 Å². The molecule has 1 fully saturated rings. The Labute approximate surface area is 119 Å². The summed E-state index contributed by atoms with van der Waals surface area (Å²) in [7, 11) is 1.90. The van der Waals surface area contributed by atoms with E-state index < -0.39 is 0 Å². The topological polar surface area (TPSA) is 29.9 Å². The first kappa shape index (κ1) is 12.8. The molecule has 0 saturated heterocycles. The number of halogens is 2. The molecule has 0 aliphatic heterocycles. The van der Waals surface area contributed by atoms with E-state index in [9.17, 15) is 4.39 Å². The number of nitrogens with zero attached hydrogens (tertiary/aromatic N) is 2. The number of benzene rings is 1. The smallest absolute Gasteiger partial charge is 0.124 e. The van der Waals surface area contributed by atoms with Crippen LogP contribution in [0, 0.1) is 5.82 Å². The third kappa shape index (κ3) is 2.87. The summed E-state index contributed by atoms with van der Waals surface area (Å²) in [5, 5.41) is 7.98. The largest absolute Gasteiger partial charge is 0.310 e. The lowest BCUT2D eigenvalue weighted by Gasteiger charge is -2.06. The fraction of sp³-hybridized carbons (Fsp3) is 0.357. The second kappa shape index (κ2) is 5.06. The summed E-state index contributed by atoms with van der Waals surface area (Å²) in [4.78, 5) is 0. The van der Waals surface area contributed by atoms with Gasteiger partial charge in [-0.3, -0.25) is 4.68 Å². The van der Waals surface area contributed by atoms with Gasteiger partial charge in [0.05, 0.1) is 5.69 Å². The number of nitrogens with one attached hydrogen (secondary N) is 1. The molecule has 100 valence electrons. The predicted octanol–water partition coefficient (Wildman–Crippen LogP) is 3.24. The Morgan fingerprint density at radius 1 is 1.47 bits per heavy atom. The Kier molecular flexibility index (Phi) is 3.41. The number of hydrogen-bond acceptors (Lipinski definition) is 2. The first-order valence-corrected chi connectivity index (χ1v) is 7.14. The molecule has 1 heterocycles. The van der Waals surface area contributed by atoms with Crippen LogP contribution in [-0.4, -0.2) is 15.8 Å². The standard InChI is InChI=1S/C14H15BrFN3/c1-19-8-9(7-17-11-3-4-11)14(18-19)12-5-2-10(16)6-13(12)15/h2,5-6,8,11,17H,3-4,7H2,1H3. The van der Waals surface area contributed by atoms with E-state index >= 15 is 0 Å². The zero-order valence-corrected chi connectivity index (χ0v) is 12.2. The highest BCUT2D eigenvalue weighted by Gasteiger charge is 2.21. The van der Waals surface area contributed by atoms with E-state index in [1.54, 1.807) is 10.7 Å². The van der Waals surface area contributed by atoms with Crippen molar-refractivity contribution in [1.29, 1.82) is 0 Å². The summed E-state index contributed by atoms with van der Waals surface area (Å²) >= 11 is 3.41. The maximum Gasteiger partial charge on any atom is 0.124 e. The van der Waals surface area contributed by atoms with Crippen molar-refractivity contribution in [2.75, 3.05) is 0 Å². The van der Waals surface area contributed by atoms with Gasteiger partial charge >= 0.3 is 0 Å². The van der Waals surface area contributed by atoms with E-state index in [4.69, 9.17) is 0 Å². The maximum atomic E-state index is 13.2. The van der Waals surface area contributed by atoms with Gasteiger partial charge in [0.15, 0.2) is 0 Å². The number of rotatable bonds is 4. The van der Waals surface area contributed by atoms with Crippen LogP contribution in [0.2, 0.25) is 0 Å². The molecule has 3 rings (SSSR count). The first-order chi connectivity index (χ1) is 9.13. The van der Waals surface area contributed by atoms with Crippen molar-refractivity contribution in [3.8, 4) is 11.3 Å². The average Bonchev–Trinajstić information content (AvgIpc) is 3.10. The lowest BCUT2D eigenvalue weighted by atomic mass is 10.1. The number of hydrogen-bond donors (Lipinski definition) is 1. The molecule has 1 aromatic carbocycles. The van der Waals surface area contributed by atoms with Crippen molar-refractivity contribution in [3.63, 3.8) is 0 Å². The van der Waals surface area contributed by atoms with Crippen LogP contribution in [0.4, 0.5) is 4.39 Å². The van der Waals surface area contributed by atoms with Crippen LogP contribution < -0.4 is 5.32 Å².